The van der Waals surface area contributed by atoms with Gasteiger partial charge in [-0.15, -0.1) is 0 Å². The molecule has 0 fully saturated rings. The zero-order valence-electron chi connectivity index (χ0n) is 11.3. The smallest absolute Gasteiger partial charge is 0.191 e. The number of benzene rings is 1. The SMILES string of the molecule is Cc1ccc(C2CC=CC[Si](C)(C)O2)cc1C. The van der Waals surface area contributed by atoms with Crippen molar-refractivity contribution < 1.29 is 4.43 Å². The molecule has 1 aliphatic heterocycles. The van der Waals surface area contributed by atoms with Crippen molar-refractivity contribution in [3.05, 3.63) is 47.0 Å². The minimum Gasteiger partial charge on any atom is -0.410 e. The monoisotopic (exact) mass is 246 g/mol. The van der Waals surface area contributed by atoms with Gasteiger partial charge in [-0.25, -0.2) is 0 Å². The number of allylic oxidation sites excluding steroid dienone is 1. The highest BCUT2D eigenvalue weighted by Gasteiger charge is 2.27. The quantitative estimate of drug-likeness (QED) is 0.522. The van der Waals surface area contributed by atoms with Crippen LogP contribution in [0.25, 0.3) is 0 Å². The molecule has 1 unspecified atom stereocenters. The van der Waals surface area contributed by atoms with E-state index in [1.807, 2.05) is 0 Å². The van der Waals surface area contributed by atoms with Crippen molar-refractivity contribution in [2.24, 2.45) is 0 Å². The van der Waals surface area contributed by atoms with Crippen molar-refractivity contribution in [2.45, 2.75) is 45.5 Å². The van der Waals surface area contributed by atoms with E-state index in [1.54, 1.807) is 0 Å². The topological polar surface area (TPSA) is 9.23 Å². The highest BCUT2D eigenvalue weighted by molar-refractivity contribution is 6.71. The summed E-state index contributed by atoms with van der Waals surface area (Å²) in [7, 11) is -1.50. The van der Waals surface area contributed by atoms with E-state index in [-0.39, 0.29) is 6.10 Å². The fourth-order valence-electron chi connectivity index (χ4n) is 2.24. The van der Waals surface area contributed by atoms with Crippen LogP contribution >= 0.6 is 0 Å². The maximum Gasteiger partial charge on any atom is 0.191 e. The average Bonchev–Trinajstić information content (AvgIpc) is 2.43. The van der Waals surface area contributed by atoms with E-state index >= 15 is 0 Å². The zero-order chi connectivity index (χ0) is 12.5. The van der Waals surface area contributed by atoms with Gasteiger partial charge in [-0.05, 0) is 56.1 Å². The highest BCUT2D eigenvalue weighted by Crippen LogP contribution is 2.31. The van der Waals surface area contributed by atoms with E-state index in [0.29, 0.717) is 0 Å². The molecule has 0 saturated carbocycles. The molecule has 0 aliphatic carbocycles. The van der Waals surface area contributed by atoms with Gasteiger partial charge < -0.3 is 4.43 Å². The van der Waals surface area contributed by atoms with Crippen molar-refractivity contribution in [3.63, 3.8) is 0 Å². The van der Waals surface area contributed by atoms with E-state index in [2.05, 4.69) is 57.3 Å². The summed E-state index contributed by atoms with van der Waals surface area (Å²) in [6.07, 6.45) is 5.85. The van der Waals surface area contributed by atoms with Crippen molar-refractivity contribution in [3.8, 4) is 0 Å². The molecule has 1 aromatic carbocycles. The van der Waals surface area contributed by atoms with E-state index in [0.717, 1.165) is 12.5 Å². The number of aryl methyl sites for hydroxylation is 2. The normalized spacial score (nSPS) is 23.4. The van der Waals surface area contributed by atoms with Crippen molar-refractivity contribution >= 4 is 8.32 Å². The molecule has 92 valence electrons. The Morgan fingerprint density at radius 2 is 1.88 bits per heavy atom. The van der Waals surface area contributed by atoms with Crippen LogP contribution in [0.15, 0.2) is 30.4 Å². The summed E-state index contributed by atoms with van der Waals surface area (Å²) < 4.78 is 6.36. The van der Waals surface area contributed by atoms with Gasteiger partial charge >= 0.3 is 0 Å². The third-order valence-electron chi connectivity index (χ3n) is 3.49. The van der Waals surface area contributed by atoms with E-state index in [1.165, 1.54) is 16.7 Å². The second kappa shape index (κ2) is 4.79. The van der Waals surface area contributed by atoms with Crippen molar-refractivity contribution in [1.29, 1.82) is 0 Å². The molecule has 1 heterocycles. The Labute approximate surface area is 106 Å². The van der Waals surface area contributed by atoms with Gasteiger partial charge in [0.15, 0.2) is 8.32 Å². The zero-order valence-corrected chi connectivity index (χ0v) is 12.3. The van der Waals surface area contributed by atoms with Crippen LogP contribution in [0.2, 0.25) is 19.1 Å². The van der Waals surface area contributed by atoms with Crippen LogP contribution in [-0.4, -0.2) is 8.32 Å². The van der Waals surface area contributed by atoms with Gasteiger partial charge in [0, 0.05) is 0 Å². The van der Waals surface area contributed by atoms with Crippen LogP contribution in [0.3, 0.4) is 0 Å². The lowest BCUT2D eigenvalue weighted by Gasteiger charge is -2.27. The maximum atomic E-state index is 6.36. The van der Waals surface area contributed by atoms with Gasteiger partial charge in [-0.1, -0.05) is 30.4 Å². The maximum absolute atomic E-state index is 6.36. The van der Waals surface area contributed by atoms with Gasteiger partial charge in [0.05, 0.1) is 6.10 Å². The second-order valence-electron chi connectivity index (χ2n) is 5.62. The third-order valence-corrected chi connectivity index (χ3v) is 5.63. The molecular weight excluding hydrogens is 224 g/mol. The lowest BCUT2D eigenvalue weighted by molar-refractivity contribution is 0.202. The molecule has 1 atom stereocenters. The Balaban J connectivity index is 2.26. The summed E-state index contributed by atoms with van der Waals surface area (Å²) in [6.45, 7) is 8.94. The molecule has 17 heavy (non-hydrogen) atoms. The largest absolute Gasteiger partial charge is 0.410 e. The van der Waals surface area contributed by atoms with E-state index in [4.69, 9.17) is 4.43 Å². The summed E-state index contributed by atoms with van der Waals surface area (Å²) in [5.74, 6) is 0. The molecule has 0 radical (unpaired) electrons. The van der Waals surface area contributed by atoms with Crippen LogP contribution in [0.5, 0.6) is 0 Å². The van der Waals surface area contributed by atoms with Gasteiger partial charge in [-0.2, -0.15) is 0 Å². The van der Waals surface area contributed by atoms with E-state index in [9.17, 15) is 0 Å². The molecule has 2 rings (SSSR count). The number of rotatable bonds is 1. The Bertz CT molecular complexity index is 435. The van der Waals surface area contributed by atoms with Crippen LogP contribution in [0.4, 0.5) is 0 Å². The van der Waals surface area contributed by atoms with Crippen molar-refractivity contribution in [2.75, 3.05) is 0 Å². The predicted molar refractivity (Wildman–Crippen MR) is 75.8 cm³/mol. The first-order valence-corrected chi connectivity index (χ1v) is 9.49. The van der Waals surface area contributed by atoms with Crippen LogP contribution in [0.1, 0.15) is 29.2 Å². The first-order chi connectivity index (χ1) is 7.98. The lowest BCUT2D eigenvalue weighted by Crippen LogP contribution is -2.30. The molecule has 0 saturated heterocycles. The second-order valence-corrected chi connectivity index (χ2v) is 9.78. The van der Waals surface area contributed by atoms with E-state index < -0.39 is 8.32 Å². The summed E-state index contributed by atoms with van der Waals surface area (Å²) in [4.78, 5) is 0. The fraction of sp³-hybridized carbons (Fsp3) is 0.467. The molecule has 1 aromatic rings. The minimum absolute atomic E-state index is 0.259. The Morgan fingerprint density at radius 3 is 2.59 bits per heavy atom. The van der Waals surface area contributed by atoms with Gasteiger partial charge in [0.1, 0.15) is 0 Å². The molecule has 0 aromatic heterocycles. The third kappa shape index (κ3) is 3.08. The average molecular weight is 246 g/mol. The summed E-state index contributed by atoms with van der Waals surface area (Å²) in [5, 5.41) is 0. The minimum atomic E-state index is -1.50. The molecule has 1 nitrogen and oxygen atoms in total. The molecule has 0 spiro atoms. The van der Waals surface area contributed by atoms with Gasteiger partial charge in [-0.3, -0.25) is 0 Å². The van der Waals surface area contributed by atoms with Crippen LogP contribution < -0.4 is 0 Å². The highest BCUT2D eigenvalue weighted by atomic mass is 28.4. The summed E-state index contributed by atoms with van der Waals surface area (Å²) in [6, 6.07) is 7.84. The molecular formula is C15H22OSi. The Kier molecular flexibility index (Phi) is 3.55. The summed E-state index contributed by atoms with van der Waals surface area (Å²) in [5.41, 5.74) is 4.05. The summed E-state index contributed by atoms with van der Waals surface area (Å²) >= 11 is 0. The lowest BCUT2D eigenvalue weighted by atomic mass is 10.0. The fourth-order valence-corrected chi connectivity index (χ4v) is 4.07. The molecule has 0 N–H and O–H groups in total. The molecule has 0 amide bonds. The van der Waals surface area contributed by atoms with Crippen molar-refractivity contribution in [1.82, 2.24) is 0 Å². The first kappa shape index (κ1) is 12.6. The van der Waals surface area contributed by atoms with Crippen LogP contribution in [-0.2, 0) is 4.43 Å². The first-order valence-electron chi connectivity index (χ1n) is 6.38. The number of hydrogen-bond acceptors (Lipinski definition) is 1. The molecule has 1 aliphatic rings. The van der Waals surface area contributed by atoms with Gasteiger partial charge in [0.2, 0.25) is 0 Å². The predicted octanol–water partition coefficient (Wildman–Crippen LogP) is 4.53. The number of hydrogen-bond donors (Lipinski definition) is 0. The molecule has 2 heteroatoms. The standard InChI is InChI=1S/C15H22OSi/c1-12-8-9-14(11-13(12)2)15-7-5-6-10-17(3,4)16-15/h5-6,8-9,11,15H,7,10H2,1-4H3. The van der Waals surface area contributed by atoms with Crippen LogP contribution in [0, 0.1) is 13.8 Å². The molecule has 0 bridgehead atoms. The Morgan fingerprint density at radius 1 is 1.12 bits per heavy atom. The Hall–Kier alpha value is -0.863. The van der Waals surface area contributed by atoms with Gasteiger partial charge in [0.25, 0.3) is 0 Å².